The number of fused-ring (bicyclic) bond motifs is 2. The van der Waals surface area contributed by atoms with E-state index in [9.17, 15) is 0 Å². The molecule has 0 atom stereocenters. The molecule has 1 saturated heterocycles. The van der Waals surface area contributed by atoms with Crippen LogP contribution in [0.3, 0.4) is 0 Å². The maximum atomic E-state index is 3.66. The Labute approximate surface area is 149 Å². The van der Waals surface area contributed by atoms with Crippen LogP contribution in [0.2, 0.25) is 0 Å². The lowest BCUT2D eigenvalue weighted by molar-refractivity contribution is 0.153. The van der Waals surface area contributed by atoms with Gasteiger partial charge in [-0.3, -0.25) is 0 Å². The molecule has 0 saturated carbocycles. The van der Waals surface area contributed by atoms with Gasteiger partial charge in [0.25, 0.3) is 0 Å². The molecular formula is C20H25N3S. The van der Waals surface area contributed by atoms with Crippen molar-refractivity contribution in [1.82, 2.24) is 9.80 Å². The van der Waals surface area contributed by atoms with Gasteiger partial charge >= 0.3 is 0 Å². The summed E-state index contributed by atoms with van der Waals surface area (Å²) in [6.45, 7) is 6.04. The molecule has 2 aromatic rings. The summed E-state index contributed by atoms with van der Waals surface area (Å²) in [4.78, 5) is 7.69. The highest BCUT2D eigenvalue weighted by molar-refractivity contribution is 7.99. The number of anilines is 2. The molecule has 0 unspecified atom stereocenters. The molecule has 24 heavy (non-hydrogen) atoms. The van der Waals surface area contributed by atoms with Crippen LogP contribution in [0, 0.1) is 0 Å². The van der Waals surface area contributed by atoms with Crippen molar-refractivity contribution in [2.75, 3.05) is 45.1 Å². The molecule has 0 bridgehead atoms. The Morgan fingerprint density at radius 3 is 2.62 bits per heavy atom. The topological polar surface area (TPSA) is 18.5 Å². The Morgan fingerprint density at radius 1 is 0.958 bits per heavy atom. The van der Waals surface area contributed by atoms with Gasteiger partial charge in [0.05, 0.1) is 11.4 Å². The van der Waals surface area contributed by atoms with E-state index in [1.54, 1.807) is 0 Å². The molecule has 2 aromatic carbocycles. The zero-order valence-corrected chi connectivity index (χ0v) is 15.1. The van der Waals surface area contributed by atoms with Crippen molar-refractivity contribution in [1.29, 1.82) is 0 Å². The summed E-state index contributed by atoms with van der Waals surface area (Å²) in [6, 6.07) is 15.3. The number of aryl methyl sites for hydroxylation is 1. The summed E-state index contributed by atoms with van der Waals surface area (Å²) in [5.41, 5.74) is 4.00. The minimum absolute atomic E-state index is 1.14. The van der Waals surface area contributed by atoms with E-state index < -0.39 is 0 Å². The third kappa shape index (κ3) is 3.46. The molecule has 0 aromatic heterocycles. The van der Waals surface area contributed by atoms with Crippen molar-refractivity contribution in [3.05, 3.63) is 48.0 Å². The van der Waals surface area contributed by atoms with E-state index in [2.05, 4.69) is 64.6 Å². The fourth-order valence-corrected chi connectivity index (χ4v) is 4.53. The van der Waals surface area contributed by atoms with Crippen LogP contribution < -0.4 is 5.32 Å². The third-order valence-corrected chi connectivity index (χ3v) is 6.13. The van der Waals surface area contributed by atoms with Crippen molar-refractivity contribution in [2.24, 2.45) is 0 Å². The fraction of sp³-hybridized carbons (Fsp3) is 0.400. The van der Waals surface area contributed by atoms with E-state index in [1.807, 2.05) is 11.8 Å². The summed E-state index contributed by atoms with van der Waals surface area (Å²) in [5, 5.41) is 3.66. The van der Waals surface area contributed by atoms with Crippen molar-refractivity contribution < 1.29 is 0 Å². The molecule has 0 amide bonds. The van der Waals surface area contributed by atoms with Crippen LogP contribution in [0.1, 0.15) is 12.0 Å². The number of nitrogens with zero attached hydrogens (tertiary/aromatic N) is 2. The van der Waals surface area contributed by atoms with E-state index in [1.165, 1.54) is 65.9 Å². The SMILES string of the molecule is CN1CCN(CCCc2cccc3c2Nc2ccccc2S3)CC1. The van der Waals surface area contributed by atoms with E-state index in [0.717, 1.165) is 6.42 Å². The highest BCUT2D eigenvalue weighted by Gasteiger charge is 2.18. The number of likely N-dealkylation sites (N-methyl/N-ethyl adjacent to an activating group) is 1. The number of nitrogens with one attached hydrogen (secondary N) is 1. The normalized spacial score (nSPS) is 17.9. The quantitative estimate of drug-likeness (QED) is 0.772. The van der Waals surface area contributed by atoms with Gasteiger partial charge in [-0.1, -0.05) is 36.0 Å². The summed E-state index contributed by atoms with van der Waals surface area (Å²) in [6.07, 6.45) is 2.37. The van der Waals surface area contributed by atoms with Gasteiger partial charge in [-0.25, -0.2) is 0 Å². The molecular weight excluding hydrogens is 314 g/mol. The first kappa shape index (κ1) is 16.0. The molecule has 0 aliphatic carbocycles. The van der Waals surface area contributed by atoms with E-state index in [0.29, 0.717) is 0 Å². The van der Waals surface area contributed by atoms with Crippen molar-refractivity contribution in [3.8, 4) is 0 Å². The first-order valence-corrected chi connectivity index (χ1v) is 9.68. The van der Waals surface area contributed by atoms with Crippen LogP contribution >= 0.6 is 11.8 Å². The van der Waals surface area contributed by atoms with Crippen LogP contribution in [0.25, 0.3) is 0 Å². The number of benzene rings is 2. The van der Waals surface area contributed by atoms with Crippen molar-refractivity contribution in [2.45, 2.75) is 22.6 Å². The van der Waals surface area contributed by atoms with Crippen LogP contribution in [-0.4, -0.2) is 49.6 Å². The maximum absolute atomic E-state index is 3.66. The molecule has 0 radical (unpaired) electrons. The molecule has 1 N–H and O–H groups in total. The number of hydrogen-bond acceptors (Lipinski definition) is 4. The van der Waals surface area contributed by atoms with Crippen LogP contribution in [0.4, 0.5) is 11.4 Å². The van der Waals surface area contributed by atoms with Gasteiger partial charge in [-0.15, -0.1) is 0 Å². The highest BCUT2D eigenvalue weighted by Crippen LogP contribution is 2.45. The maximum Gasteiger partial charge on any atom is 0.0558 e. The zero-order valence-electron chi connectivity index (χ0n) is 14.3. The molecule has 4 heteroatoms. The van der Waals surface area contributed by atoms with E-state index >= 15 is 0 Å². The summed E-state index contributed by atoms with van der Waals surface area (Å²) in [7, 11) is 2.22. The molecule has 2 aliphatic rings. The lowest BCUT2D eigenvalue weighted by atomic mass is 10.1. The third-order valence-electron chi connectivity index (χ3n) is 5.00. The molecule has 2 aliphatic heterocycles. The van der Waals surface area contributed by atoms with E-state index in [-0.39, 0.29) is 0 Å². The number of para-hydroxylation sites is 2. The predicted octanol–water partition coefficient (Wildman–Crippen LogP) is 4.07. The zero-order chi connectivity index (χ0) is 16.4. The Morgan fingerprint density at radius 2 is 1.75 bits per heavy atom. The minimum atomic E-state index is 1.14. The molecule has 126 valence electrons. The second-order valence-electron chi connectivity index (χ2n) is 6.76. The summed E-state index contributed by atoms with van der Waals surface area (Å²) < 4.78 is 0. The molecule has 4 rings (SSSR count). The van der Waals surface area contributed by atoms with Gasteiger partial charge in [0.15, 0.2) is 0 Å². The molecule has 2 heterocycles. The Balaban J connectivity index is 1.40. The molecule has 1 fully saturated rings. The van der Waals surface area contributed by atoms with Crippen LogP contribution in [0.5, 0.6) is 0 Å². The van der Waals surface area contributed by atoms with Gasteiger partial charge in [0.2, 0.25) is 0 Å². The number of hydrogen-bond donors (Lipinski definition) is 1. The average Bonchev–Trinajstić information content (AvgIpc) is 2.62. The second-order valence-corrected chi connectivity index (χ2v) is 7.85. The monoisotopic (exact) mass is 339 g/mol. The summed E-state index contributed by atoms with van der Waals surface area (Å²) in [5.74, 6) is 0. The standard InChI is InChI=1S/C20H25N3S/c1-22-12-14-23(15-13-22)11-5-7-16-6-4-10-19-20(16)21-17-8-2-3-9-18(17)24-19/h2-4,6,8-10,21H,5,7,11-15H2,1H3. The lowest BCUT2D eigenvalue weighted by Gasteiger charge is -2.32. The fourth-order valence-electron chi connectivity index (χ4n) is 3.49. The predicted molar refractivity (Wildman–Crippen MR) is 103 cm³/mol. The number of piperazine rings is 1. The Kier molecular flexibility index (Phi) is 4.79. The first-order valence-electron chi connectivity index (χ1n) is 8.86. The smallest absolute Gasteiger partial charge is 0.0558 e. The van der Waals surface area contributed by atoms with Crippen LogP contribution in [0.15, 0.2) is 52.3 Å². The lowest BCUT2D eigenvalue weighted by Crippen LogP contribution is -2.44. The molecule has 0 spiro atoms. The highest BCUT2D eigenvalue weighted by atomic mass is 32.2. The summed E-state index contributed by atoms with van der Waals surface area (Å²) >= 11 is 1.88. The average molecular weight is 340 g/mol. The largest absolute Gasteiger partial charge is 0.353 e. The van der Waals surface area contributed by atoms with Gasteiger partial charge in [-0.2, -0.15) is 0 Å². The van der Waals surface area contributed by atoms with Crippen LogP contribution in [-0.2, 0) is 6.42 Å². The number of rotatable bonds is 4. The van der Waals surface area contributed by atoms with E-state index in [4.69, 9.17) is 0 Å². The van der Waals surface area contributed by atoms with Gasteiger partial charge in [-0.05, 0) is 50.2 Å². The van der Waals surface area contributed by atoms with Crippen molar-refractivity contribution in [3.63, 3.8) is 0 Å². The van der Waals surface area contributed by atoms with Crippen molar-refractivity contribution >= 4 is 23.1 Å². The van der Waals surface area contributed by atoms with Gasteiger partial charge in [0.1, 0.15) is 0 Å². The Hall–Kier alpha value is -1.49. The molecule has 3 nitrogen and oxygen atoms in total. The van der Waals surface area contributed by atoms with Gasteiger partial charge in [0, 0.05) is 36.0 Å². The first-order chi connectivity index (χ1) is 11.8. The Bertz CT molecular complexity index is 708. The van der Waals surface area contributed by atoms with Gasteiger partial charge < -0.3 is 15.1 Å². The minimum Gasteiger partial charge on any atom is -0.353 e. The second kappa shape index (κ2) is 7.18.